The van der Waals surface area contributed by atoms with Crippen LogP contribution in [-0.2, 0) is 7.67 Å². The molecule has 0 aliphatic carbocycles. The molecule has 186 valence electrons. The SMILES string of the molecule is Cc1cccc(C)c1-c1ccc(F)c(C)n1.Cc1cccc(C)c1-c1ccc(F)c(C=O)n1.O=[Se]=O. The molecular formula is C28H26F2N2O3Se. The van der Waals surface area contributed by atoms with E-state index in [4.69, 9.17) is 7.67 Å². The van der Waals surface area contributed by atoms with Crippen LogP contribution in [0.2, 0.25) is 0 Å². The van der Waals surface area contributed by atoms with Crippen LogP contribution in [0.25, 0.3) is 22.5 Å². The second-order valence-electron chi connectivity index (χ2n) is 8.05. The third-order valence-electron chi connectivity index (χ3n) is 5.48. The molecule has 0 bridgehead atoms. The number of halogens is 2. The number of carbonyl (C=O) groups excluding carboxylic acids is 1. The van der Waals surface area contributed by atoms with Crippen LogP contribution in [0.4, 0.5) is 8.78 Å². The second kappa shape index (κ2) is 13.5. The molecule has 0 saturated carbocycles. The Balaban J connectivity index is 0.000000229. The first-order valence-electron chi connectivity index (χ1n) is 10.9. The standard InChI is InChI=1S/C14H12FNO.C14H14FN.O2Se/c1-9-4-3-5-10(2)14(9)12-7-6-11(15)13(8-17)16-12;1-9-5-4-6-10(2)14(9)13-8-7-12(15)11(3)16-13;1-3-2/h3-8H,1-2H3;4-8H,1-3H3;. The van der Waals surface area contributed by atoms with E-state index in [1.165, 1.54) is 23.3 Å². The summed E-state index contributed by atoms with van der Waals surface area (Å²) in [4.78, 5) is 19.0. The van der Waals surface area contributed by atoms with Crippen molar-refractivity contribution in [3.63, 3.8) is 0 Å². The Labute approximate surface area is 215 Å². The van der Waals surface area contributed by atoms with Gasteiger partial charge in [0.2, 0.25) is 0 Å². The van der Waals surface area contributed by atoms with Crippen LogP contribution in [0, 0.1) is 46.3 Å². The van der Waals surface area contributed by atoms with Gasteiger partial charge in [-0.3, -0.25) is 9.78 Å². The molecular weight excluding hydrogens is 529 g/mol. The van der Waals surface area contributed by atoms with Crippen LogP contribution in [0.1, 0.15) is 38.4 Å². The van der Waals surface area contributed by atoms with E-state index >= 15 is 0 Å². The van der Waals surface area contributed by atoms with Gasteiger partial charge in [0.25, 0.3) is 0 Å². The van der Waals surface area contributed by atoms with Crippen molar-refractivity contribution >= 4 is 21.1 Å². The zero-order chi connectivity index (χ0) is 26.8. The van der Waals surface area contributed by atoms with Crippen LogP contribution < -0.4 is 0 Å². The van der Waals surface area contributed by atoms with E-state index in [1.807, 2.05) is 64.1 Å². The van der Waals surface area contributed by atoms with Gasteiger partial charge >= 0.3 is 22.5 Å². The normalized spacial score (nSPS) is 9.86. The predicted octanol–water partition coefficient (Wildman–Crippen LogP) is 6.51. The number of hydrogen-bond donors (Lipinski definition) is 0. The first-order chi connectivity index (χ1) is 17.1. The molecule has 0 aliphatic rings. The van der Waals surface area contributed by atoms with Gasteiger partial charge in [-0.25, -0.2) is 13.8 Å². The molecule has 0 unspecified atom stereocenters. The Morgan fingerprint density at radius 1 is 0.639 bits per heavy atom. The van der Waals surface area contributed by atoms with Gasteiger partial charge in [0.1, 0.15) is 11.5 Å². The van der Waals surface area contributed by atoms with Gasteiger partial charge in [0.15, 0.2) is 12.1 Å². The number of aryl methyl sites for hydroxylation is 5. The molecule has 36 heavy (non-hydrogen) atoms. The van der Waals surface area contributed by atoms with Crippen molar-refractivity contribution in [2.24, 2.45) is 0 Å². The average Bonchev–Trinajstić information content (AvgIpc) is 2.83. The fourth-order valence-electron chi connectivity index (χ4n) is 3.80. The number of hydrogen-bond acceptors (Lipinski definition) is 5. The van der Waals surface area contributed by atoms with E-state index in [0.29, 0.717) is 17.7 Å². The number of rotatable bonds is 3. The van der Waals surface area contributed by atoms with Crippen molar-refractivity contribution in [2.45, 2.75) is 34.6 Å². The zero-order valence-electron chi connectivity index (χ0n) is 20.6. The number of nitrogens with zero attached hydrogens (tertiary/aromatic N) is 2. The maximum absolute atomic E-state index is 13.2. The predicted molar refractivity (Wildman–Crippen MR) is 135 cm³/mol. The van der Waals surface area contributed by atoms with Crippen LogP contribution in [0.5, 0.6) is 0 Å². The van der Waals surface area contributed by atoms with Crippen molar-refractivity contribution in [1.29, 1.82) is 0 Å². The fourth-order valence-corrected chi connectivity index (χ4v) is 3.80. The number of aromatic nitrogens is 2. The molecule has 2 heterocycles. The number of benzene rings is 2. The topological polar surface area (TPSA) is 77.0 Å². The van der Waals surface area contributed by atoms with Gasteiger partial charge in [-0.05, 0) is 81.1 Å². The Kier molecular flexibility index (Phi) is 10.7. The van der Waals surface area contributed by atoms with E-state index in [-0.39, 0.29) is 11.5 Å². The summed E-state index contributed by atoms with van der Waals surface area (Å²) in [5.41, 5.74) is 8.27. The number of pyridine rings is 2. The molecule has 0 amide bonds. The average molecular weight is 555 g/mol. The molecule has 0 N–H and O–H groups in total. The van der Waals surface area contributed by atoms with Crippen molar-refractivity contribution in [1.82, 2.24) is 9.97 Å². The summed E-state index contributed by atoms with van der Waals surface area (Å²) >= 11 is -1.62. The van der Waals surface area contributed by atoms with Crippen LogP contribution in [0.3, 0.4) is 0 Å². The molecule has 2 aromatic carbocycles. The fraction of sp³-hybridized carbons (Fsp3) is 0.179. The summed E-state index contributed by atoms with van der Waals surface area (Å²) in [6.07, 6.45) is 0.437. The van der Waals surface area contributed by atoms with Gasteiger partial charge in [-0.1, -0.05) is 36.4 Å². The monoisotopic (exact) mass is 556 g/mol. The molecule has 0 aliphatic heterocycles. The number of aldehydes is 1. The van der Waals surface area contributed by atoms with E-state index in [1.54, 1.807) is 19.1 Å². The Bertz CT molecular complexity index is 1380. The first kappa shape index (κ1) is 28.6. The summed E-state index contributed by atoms with van der Waals surface area (Å²) in [5, 5.41) is 0. The van der Waals surface area contributed by atoms with Crippen molar-refractivity contribution in [2.75, 3.05) is 0 Å². The van der Waals surface area contributed by atoms with Crippen LogP contribution >= 0.6 is 0 Å². The molecule has 8 heteroatoms. The molecule has 0 fully saturated rings. The summed E-state index contributed by atoms with van der Waals surface area (Å²) in [6, 6.07) is 18.1. The molecule has 0 atom stereocenters. The van der Waals surface area contributed by atoms with Gasteiger partial charge in [0, 0.05) is 11.1 Å². The Morgan fingerprint density at radius 3 is 1.42 bits per heavy atom. The Hall–Kier alpha value is -3.61. The summed E-state index contributed by atoms with van der Waals surface area (Å²) in [7, 11) is 0. The molecule has 4 rings (SSSR count). The second-order valence-corrected chi connectivity index (χ2v) is 8.33. The van der Waals surface area contributed by atoms with Gasteiger partial charge in [-0.15, -0.1) is 0 Å². The minimum atomic E-state index is -1.62. The van der Waals surface area contributed by atoms with Crippen LogP contribution in [0.15, 0.2) is 60.7 Å². The quantitative estimate of drug-likeness (QED) is 0.213. The minimum absolute atomic E-state index is 0.148. The van der Waals surface area contributed by atoms with Crippen molar-refractivity contribution in [3.05, 3.63) is 106 Å². The van der Waals surface area contributed by atoms with Gasteiger partial charge < -0.3 is 0 Å². The molecule has 0 radical (unpaired) electrons. The molecule has 0 saturated heterocycles. The van der Waals surface area contributed by atoms with E-state index in [9.17, 15) is 13.6 Å². The maximum atomic E-state index is 13.2. The molecule has 4 aromatic rings. The molecule has 2 aromatic heterocycles. The zero-order valence-corrected chi connectivity index (χ0v) is 22.3. The number of carbonyl (C=O) groups is 1. The van der Waals surface area contributed by atoms with E-state index in [2.05, 4.69) is 9.97 Å². The van der Waals surface area contributed by atoms with Gasteiger partial charge in [-0.2, -0.15) is 0 Å². The van der Waals surface area contributed by atoms with Crippen molar-refractivity contribution < 1.29 is 21.2 Å². The van der Waals surface area contributed by atoms with Crippen molar-refractivity contribution in [3.8, 4) is 22.5 Å². The summed E-state index contributed by atoms with van der Waals surface area (Å²) < 4.78 is 43.2. The van der Waals surface area contributed by atoms with Crippen LogP contribution in [-0.4, -0.2) is 31.1 Å². The third kappa shape index (κ3) is 7.20. The van der Waals surface area contributed by atoms with E-state index < -0.39 is 20.6 Å². The summed E-state index contributed by atoms with van der Waals surface area (Å²) in [6.45, 7) is 9.71. The molecule has 5 nitrogen and oxygen atoms in total. The Morgan fingerprint density at radius 2 is 1.03 bits per heavy atom. The third-order valence-corrected chi connectivity index (χ3v) is 5.48. The molecule has 0 spiro atoms. The summed E-state index contributed by atoms with van der Waals surface area (Å²) in [5.74, 6) is -0.843. The van der Waals surface area contributed by atoms with Gasteiger partial charge in [0.05, 0.1) is 17.1 Å². The first-order valence-corrected chi connectivity index (χ1v) is 12.3. The van der Waals surface area contributed by atoms with E-state index in [0.717, 1.165) is 27.9 Å².